The van der Waals surface area contributed by atoms with E-state index in [2.05, 4.69) is 32.3 Å². The minimum atomic E-state index is -0.107. The molecule has 10 nitrogen and oxygen atoms in total. The highest BCUT2D eigenvalue weighted by atomic mass is 16.5. The zero-order valence-corrected chi connectivity index (χ0v) is 20.0. The van der Waals surface area contributed by atoms with Crippen LogP contribution in [0.2, 0.25) is 0 Å². The van der Waals surface area contributed by atoms with E-state index < -0.39 is 0 Å². The smallest absolute Gasteiger partial charge is 0.252 e. The topological polar surface area (TPSA) is 111 Å². The fraction of sp³-hybridized carbons (Fsp3) is 0.440. The van der Waals surface area contributed by atoms with Gasteiger partial charge in [0.2, 0.25) is 0 Å². The number of benzene rings is 1. The van der Waals surface area contributed by atoms with Crippen molar-refractivity contribution in [3.05, 3.63) is 70.2 Å². The molecule has 3 aromatic heterocycles. The molecule has 10 heteroatoms. The molecule has 5 rings (SSSR count). The highest BCUT2D eigenvalue weighted by molar-refractivity contribution is 5.80. The summed E-state index contributed by atoms with van der Waals surface area (Å²) in [6.45, 7) is 4.43. The van der Waals surface area contributed by atoms with Crippen LogP contribution in [-0.4, -0.2) is 56.5 Å². The second-order valence-electron chi connectivity index (χ2n) is 8.84. The van der Waals surface area contributed by atoms with Crippen molar-refractivity contribution in [1.82, 2.24) is 30.1 Å². The molecule has 0 radical (unpaired) electrons. The van der Waals surface area contributed by atoms with Gasteiger partial charge in [-0.25, -0.2) is 4.68 Å². The maximum absolute atomic E-state index is 13.0. The molecule has 1 saturated heterocycles. The van der Waals surface area contributed by atoms with Gasteiger partial charge in [-0.15, -0.1) is 5.10 Å². The van der Waals surface area contributed by atoms with E-state index >= 15 is 0 Å². The minimum absolute atomic E-state index is 0.106. The van der Waals surface area contributed by atoms with Crippen LogP contribution < -0.4 is 10.3 Å². The number of fused-ring (bicyclic) bond motifs is 1. The van der Waals surface area contributed by atoms with Gasteiger partial charge in [-0.1, -0.05) is 6.92 Å². The standard InChI is InChI=1S/C25H30N6O4/c1-3-23(24-27-28-29-31(24)16-21-7-5-11-35-21)30(15-20-6-4-10-34-20)14-18-12-17-13-19(33-2)8-9-22(17)26-25(18)32/h5,7-9,11-13,20,23H,3-4,6,10,14-16H2,1-2H3,(H,26,32)/t20-,23+/m1/s1. The first kappa shape index (κ1) is 23.3. The average Bonchev–Trinajstić information content (AvgIpc) is 3.65. The van der Waals surface area contributed by atoms with Crippen LogP contribution in [0.3, 0.4) is 0 Å². The third-order valence-corrected chi connectivity index (χ3v) is 6.53. The number of hydrogen-bond donors (Lipinski definition) is 1. The molecular formula is C25H30N6O4. The van der Waals surface area contributed by atoms with E-state index in [0.717, 1.165) is 54.1 Å². The van der Waals surface area contributed by atoms with Gasteiger partial charge in [0.1, 0.15) is 18.1 Å². The Morgan fingerprint density at radius 1 is 1.31 bits per heavy atom. The Hall–Kier alpha value is -3.50. The Balaban J connectivity index is 1.48. The fourth-order valence-corrected chi connectivity index (χ4v) is 4.76. The molecule has 0 amide bonds. The van der Waals surface area contributed by atoms with Crippen LogP contribution in [0.15, 0.2) is 51.9 Å². The molecular weight excluding hydrogens is 448 g/mol. The lowest BCUT2D eigenvalue weighted by molar-refractivity contribution is 0.0488. The Bertz CT molecular complexity index is 1310. The fourth-order valence-electron chi connectivity index (χ4n) is 4.76. The van der Waals surface area contributed by atoms with E-state index in [1.165, 1.54) is 0 Å². The number of ether oxygens (including phenoxy) is 2. The van der Waals surface area contributed by atoms with Crippen molar-refractivity contribution in [3.8, 4) is 5.75 Å². The lowest BCUT2D eigenvalue weighted by atomic mass is 10.1. The van der Waals surface area contributed by atoms with E-state index in [0.29, 0.717) is 25.2 Å². The summed E-state index contributed by atoms with van der Waals surface area (Å²) in [5.41, 5.74) is 1.34. The van der Waals surface area contributed by atoms with Crippen LogP contribution >= 0.6 is 0 Å². The number of nitrogens with one attached hydrogen (secondary N) is 1. The second-order valence-corrected chi connectivity index (χ2v) is 8.84. The van der Waals surface area contributed by atoms with Crippen molar-refractivity contribution in [1.29, 1.82) is 0 Å². The number of aromatic amines is 1. The normalized spacial score (nSPS) is 16.8. The molecule has 184 valence electrons. The van der Waals surface area contributed by atoms with E-state index in [4.69, 9.17) is 13.9 Å². The molecule has 0 unspecified atom stereocenters. The van der Waals surface area contributed by atoms with Gasteiger partial charge in [0.05, 0.1) is 25.5 Å². The number of hydrogen-bond acceptors (Lipinski definition) is 8. The lowest BCUT2D eigenvalue weighted by Gasteiger charge is -2.32. The highest BCUT2D eigenvalue weighted by Crippen LogP contribution is 2.27. The molecule has 4 aromatic rings. The Morgan fingerprint density at radius 3 is 2.97 bits per heavy atom. The molecule has 0 aliphatic carbocycles. The van der Waals surface area contributed by atoms with Gasteiger partial charge in [0.25, 0.3) is 5.56 Å². The molecule has 1 N–H and O–H groups in total. The molecule has 1 fully saturated rings. The summed E-state index contributed by atoms with van der Waals surface area (Å²) in [7, 11) is 1.63. The first-order valence-corrected chi connectivity index (χ1v) is 12.0. The van der Waals surface area contributed by atoms with Crippen LogP contribution in [0.25, 0.3) is 10.9 Å². The van der Waals surface area contributed by atoms with Crippen LogP contribution in [0.4, 0.5) is 0 Å². The molecule has 35 heavy (non-hydrogen) atoms. The average molecular weight is 479 g/mol. The molecule has 0 saturated carbocycles. The largest absolute Gasteiger partial charge is 0.497 e. The summed E-state index contributed by atoms with van der Waals surface area (Å²) < 4.78 is 18.6. The second kappa shape index (κ2) is 10.4. The first-order chi connectivity index (χ1) is 17.1. The zero-order chi connectivity index (χ0) is 24.2. The highest BCUT2D eigenvalue weighted by Gasteiger charge is 2.29. The van der Waals surface area contributed by atoms with Crippen LogP contribution in [-0.2, 0) is 17.8 Å². The maximum atomic E-state index is 13.0. The van der Waals surface area contributed by atoms with Crippen molar-refractivity contribution in [2.45, 2.75) is 51.4 Å². The molecule has 2 atom stereocenters. The van der Waals surface area contributed by atoms with Gasteiger partial charge in [0.15, 0.2) is 5.82 Å². The van der Waals surface area contributed by atoms with Crippen molar-refractivity contribution in [3.63, 3.8) is 0 Å². The zero-order valence-electron chi connectivity index (χ0n) is 20.0. The van der Waals surface area contributed by atoms with Gasteiger partial charge in [-0.05, 0) is 66.1 Å². The van der Waals surface area contributed by atoms with Gasteiger partial charge in [-0.3, -0.25) is 9.69 Å². The quantitative estimate of drug-likeness (QED) is 0.370. The monoisotopic (exact) mass is 478 g/mol. The van der Waals surface area contributed by atoms with E-state index in [-0.39, 0.29) is 17.7 Å². The Labute approximate surface area is 202 Å². The van der Waals surface area contributed by atoms with Gasteiger partial charge < -0.3 is 18.9 Å². The van der Waals surface area contributed by atoms with Gasteiger partial charge in [0, 0.05) is 36.2 Å². The van der Waals surface area contributed by atoms with Crippen LogP contribution in [0.5, 0.6) is 5.75 Å². The summed E-state index contributed by atoms with van der Waals surface area (Å²) in [6, 6.07) is 11.2. The molecule has 1 aliphatic rings. The van der Waals surface area contributed by atoms with Crippen molar-refractivity contribution in [2.75, 3.05) is 20.3 Å². The van der Waals surface area contributed by atoms with E-state index in [9.17, 15) is 4.79 Å². The van der Waals surface area contributed by atoms with E-state index in [1.807, 2.05) is 36.4 Å². The summed E-state index contributed by atoms with van der Waals surface area (Å²) in [5.74, 6) is 2.26. The molecule has 1 aromatic carbocycles. The molecule has 1 aliphatic heterocycles. The number of furan rings is 1. The summed E-state index contributed by atoms with van der Waals surface area (Å²) in [6.07, 6.45) is 4.56. The molecule has 4 heterocycles. The summed E-state index contributed by atoms with van der Waals surface area (Å²) >= 11 is 0. The number of methoxy groups -OCH3 is 1. The third-order valence-electron chi connectivity index (χ3n) is 6.53. The van der Waals surface area contributed by atoms with E-state index in [1.54, 1.807) is 18.1 Å². The summed E-state index contributed by atoms with van der Waals surface area (Å²) in [4.78, 5) is 18.3. The maximum Gasteiger partial charge on any atom is 0.252 e. The van der Waals surface area contributed by atoms with Crippen molar-refractivity contribution >= 4 is 10.9 Å². The molecule has 0 bridgehead atoms. The molecule has 0 spiro atoms. The van der Waals surface area contributed by atoms with Gasteiger partial charge in [-0.2, -0.15) is 0 Å². The number of aromatic nitrogens is 5. The number of nitrogens with zero attached hydrogens (tertiary/aromatic N) is 5. The predicted octanol–water partition coefficient (Wildman–Crippen LogP) is 3.30. The van der Waals surface area contributed by atoms with Crippen molar-refractivity contribution in [2.24, 2.45) is 0 Å². The first-order valence-electron chi connectivity index (χ1n) is 12.0. The SMILES string of the molecule is CC[C@@H](c1nnnn1Cc1ccco1)N(Cc1cc2cc(OC)ccc2[nH]c1=O)C[C@H]1CCCO1. The Morgan fingerprint density at radius 2 is 2.23 bits per heavy atom. The lowest BCUT2D eigenvalue weighted by Crippen LogP contribution is -2.37. The van der Waals surface area contributed by atoms with Gasteiger partial charge >= 0.3 is 0 Å². The summed E-state index contributed by atoms with van der Waals surface area (Å²) in [5, 5.41) is 13.5. The number of rotatable bonds is 10. The Kier molecular flexibility index (Phi) is 6.91. The number of H-pyrrole nitrogens is 1. The minimum Gasteiger partial charge on any atom is -0.497 e. The predicted molar refractivity (Wildman–Crippen MR) is 129 cm³/mol. The number of pyridine rings is 1. The van der Waals surface area contributed by atoms with Crippen molar-refractivity contribution < 1.29 is 13.9 Å². The van der Waals surface area contributed by atoms with Crippen LogP contribution in [0, 0.1) is 0 Å². The number of tetrazole rings is 1. The third kappa shape index (κ3) is 5.13. The van der Waals surface area contributed by atoms with Crippen LogP contribution in [0.1, 0.15) is 49.4 Å².